The van der Waals surface area contributed by atoms with Crippen molar-refractivity contribution in [3.63, 3.8) is 0 Å². The number of nitrogens with zero attached hydrogens (tertiary/aromatic N) is 1. The third kappa shape index (κ3) is 3.63. The molecule has 4 heteroatoms. The van der Waals surface area contributed by atoms with Crippen molar-refractivity contribution < 1.29 is 15.0 Å². The Morgan fingerprint density at radius 3 is 1.60 bits per heavy atom. The van der Waals surface area contributed by atoms with Gasteiger partial charge in [-0.1, -0.05) is 19.1 Å². The summed E-state index contributed by atoms with van der Waals surface area (Å²) in [6, 6.07) is 20.4. The Kier molecular flexibility index (Phi) is 4.70. The van der Waals surface area contributed by atoms with Crippen LogP contribution in [0.2, 0.25) is 0 Å². The maximum absolute atomic E-state index is 13.1. The zero-order valence-corrected chi connectivity index (χ0v) is 13.9. The lowest BCUT2D eigenvalue weighted by atomic mass is 10.1. The molecule has 0 radical (unpaired) electrons. The molecule has 0 bridgehead atoms. The number of phenolic OH excluding ortho intramolecular Hbond substituents is 2. The smallest absolute Gasteiger partial charge is 0.262 e. The second-order valence-electron chi connectivity index (χ2n) is 5.72. The van der Waals surface area contributed by atoms with Gasteiger partial charge in [0.15, 0.2) is 0 Å². The second-order valence-corrected chi connectivity index (χ2v) is 5.72. The third-order valence-electron chi connectivity index (χ3n) is 4.03. The van der Waals surface area contributed by atoms with Crippen molar-refractivity contribution in [2.45, 2.75) is 13.3 Å². The topological polar surface area (TPSA) is 60.8 Å². The maximum Gasteiger partial charge on any atom is 0.262 e. The summed E-state index contributed by atoms with van der Waals surface area (Å²) in [6.45, 7) is 2.07. The molecule has 2 N–H and O–H groups in total. The van der Waals surface area contributed by atoms with Crippen LogP contribution in [-0.4, -0.2) is 16.1 Å². The molecular formula is C21H19NO3. The van der Waals surface area contributed by atoms with Gasteiger partial charge in [-0.15, -0.1) is 0 Å². The summed E-state index contributed by atoms with van der Waals surface area (Å²) in [5.74, 6) is 0.0855. The van der Waals surface area contributed by atoms with Crippen LogP contribution in [0.4, 0.5) is 11.4 Å². The lowest BCUT2D eigenvalue weighted by Crippen LogP contribution is -2.25. The molecule has 0 unspecified atom stereocenters. The van der Waals surface area contributed by atoms with Crippen LogP contribution in [0.15, 0.2) is 72.8 Å². The van der Waals surface area contributed by atoms with Gasteiger partial charge in [0.1, 0.15) is 11.5 Å². The predicted octanol–water partition coefficient (Wildman–Crippen LogP) is 4.64. The van der Waals surface area contributed by atoms with Gasteiger partial charge in [-0.2, -0.15) is 0 Å². The summed E-state index contributed by atoms with van der Waals surface area (Å²) in [5, 5.41) is 19.0. The zero-order valence-electron chi connectivity index (χ0n) is 13.9. The van der Waals surface area contributed by atoms with Gasteiger partial charge in [-0.05, 0) is 72.6 Å². The van der Waals surface area contributed by atoms with Crippen molar-refractivity contribution in [1.29, 1.82) is 0 Å². The van der Waals surface area contributed by atoms with Crippen molar-refractivity contribution in [2.75, 3.05) is 4.90 Å². The largest absolute Gasteiger partial charge is 0.508 e. The van der Waals surface area contributed by atoms with Crippen molar-refractivity contribution in [3.8, 4) is 11.5 Å². The summed E-state index contributed by atoms with van der Waals surface area (Å²) in [5.41, 5.74) is 3.00. The Morgan fingerprint density at radius 2 is 1.20 bits per heavy atom. The fourth-order valence-corrected chi connectivity index (χ4v) is 2.60. The Labute approximate surface area is 146 Å². The summed E-state index contributed by atoms with van der Waals surface area (Å²) in [6.07, 6.45) is 0.911. The highest BCUT2D eigenvalue weighted by molar-refractivity contribution is 6.10. The quantitative estimate of drug-likeness (QED) is 0.731. The highest BCUT2D eigenvalue weighted by atomic mass is 16.3. The average molecular weight is 333 g/mol. The van der Waals surface area contributed by atoms with E-state index in [1.807, 2.05) is 24.3 Å². The SMILES string of the molecule is CCc1ccc(C(=O)N(c2ccc(O)cc2)c2ccc(O)cc2)cc1. The summed E-state index contributed by atoms with van der Waals surface area (Å²) >= 11 is 0. The van der Waals surface area contributed by atoms with Gasteiger partial charge in [0.2, 0.25) is 0 Å². The van der Waals surface area contributed by atoms with E-state index in [2.05, 4.69) is 6.92 Å². The fraction of sp³-hybridized carbons (Fsp3) is 0.0952. The molecule has 0 aromatic heterocycles. The molecule has 0 aliphatic carbocycles. The highest BCUT2D eigenvalue weighted by Crippen LogP contribution is 2.30. The van der Waals surface area contributed by atoms with Gasteiger partial charge >= 0.3 is 0 Å². The first kappa shape index (κ1) is 16.6. The van der Waals surface area contributed by atoms with E-state index in [9.17, 15) is 15.0 Å². The number of phenols is 2. The van der Waals surface area contributed by atoms with Crippen LogP contribution in [0, 0.1) is 0 Å². The predicted molar refractivity (Wildman–Crippen MR) is 98.5 cm³/mol. The monoisotopic (exact) mass is 333 g/mol. The number of amides is 1. The van der Waals surface area contributed by atoms with E-state index < -0.39 is 0 Å². The molecule has 4 nitrogen and oxygen atoms in total. The minimum absolute atomic E-state index is 0.133. The van der Waals surface area contributed by atoms with Gasteiger partial charge in [-0.3, -0.25) is 9.69 Å². The maximum atomic E-state index is 13.1. The normalized spacial score (nSPS) is 10.4. The van der Waals surface area contributed by atoms with E-state index in [1.165, 1.54) is 24.3 Å². The molecule has 25 heavy (non-hydrogen) atoms. The Balaban J connectivity index is 2.04. The molecule has 0 aliphatic heterocycles. The van der Waals surface area contributed by atoms with Crippen LogP contribution in [0.3, 0.4) is 0 Å². The van der Waals surface area contributed by atoms with Crippen molar-refractivity contribution >= 4 is 17.3 Å². The first-order chi connectivity index (χ1) is 12.1. The van der Waals surface area contributed by atoms with Crippen molar-refractivity contribution in [3.05, 3.63) is 83.9 Å². The van der Waals surface area contributed by atoms with E-state index >= 15 is 0 Å². The number of carbonyl (C=O) groups is 1. The molecule has 0 spiro atoms. The second kappa shape index (κ2) is 7.09. The molecule has 0 saturated heterocycles. The van der Waals surface area contributed by atoms with Crippen LogP contribution in [0.5, 0.6) is 11.5 Å². The first-order valence-electron chi connectivity index (χ1n) is 8.10. The molecular weight excluding hydrogens is 314 g/mol. The number of aromatic hydroxyl groups is 2. The number of aryl methyl sites for hydroxylation is 1. The molecule has 3 aromatic rings. The van der Waals surface area contributed by atoms with E-state index in [0.29, 0.717) is 16.9 Å². The lowest BCUT2D eigenvalue weighted by molar-refractivity contribution is 0.0999. The van der Waals surface area contributed by atoms with E-state index in [-0.39, 0.29) is 17.4 Å². The van der Waals surface area contributed by atoms with Gasteiger partial charge in [0.05, 0.1) is 0 Å². The van der Waals surface area contributed by atoms with E-state index in [4.69, 9.17) is 0 Å². The van der Waals surface area contributed by atoms with Crippen LogP contribution >= 0.6 is 0 Å². The Hall–Kier alpha value is -3.27. The molecule has 0 fully saturated rings. The number of rotatable bonds is 4. The molecule has 126 valence electrons. The Morgan fingerprint density at radius 1 is 0.760 bits per heavy atom. The average Bonchev–Trinajstić information content (AvgIpc) is 2.65. The number of hydrogen-bond acceptors (Lipinski definition) is 3. The number of benzene rings is 3. The molecule has 0 aliphatic rings. The fourth-order valence-electron chi connectivity index (χ4n) is 2.60. The van der Waals surface area contributed by atoms with Gasteiger partial charge in [0, 0.05) is 16.9 Å². The number of anilines is 2. The zero-order chi connectivity index (χ0) is 17.8. The van der Waals surface area contributed by atoms with Crippen LogP contribution in [-0.2, 0) is 6.42 Å². The molecule has 0 atom stereocenters. The minimum atomic E-state index is -0.181. The van der Waals surface area contributed by atoms with Crippen molar-refractivity contribution in [2.24, 2.45) is 0 Å². The van der Waals surface area contributed by atoms with Crippen LogP contribution < -0.4 is 4.90 Å². The molecule has 1 amide bonds. The van der Waals surface area contributed by atoms with E-state index in [1.54, 1.807) is 29.2 Å². The first-order valence-corrected chi connectivity index (χ1v) is 8.10. The molecule has 3 aromatic carbocycles. The van der Waals surface area contributed by atoms with Crippen LogP contribution in [0.25, 0.3) is 0 Å². The summed E-state index contributed by atoms with van der Waals surface area (Å²) in [7, 11) is 0. The number of carbonyl (C=O) groups excluding carboxylic acids is 1. The third-order valence-corrected chi connectivity index (χ3v) is 4.03. The van der Waals surface area contributed by atoms with Crippen LogP contribution in [0.1, 0.15) is 22.8 Å². The minimum Gasteiger partial charge on any atom is -0.508 e. The van der Waals surface area contributed by atoms with Gasteiger partial charge in [0.25, 0.3) is 5.91 Å². The van der Waals surface area contributed by atoms with Gasteiger partial charge < -0.3 is 10.2 Å². The molecule has 0 heterocycles. The van der Waals surface area contributed by atoms with Gasteiger partial charge in [-0.25, -0.2) is 0 Å². The number of hydrogen-bond donors (Lipinski definition) is 2. The van der Waals surface area contributed by atoms with E-state index in [0.717, 1.165) is 12.0 Å². The molecule has 3 rings (SSSR count). The standard InChI is InChI=1S/C21H19NO3/c1-2-15-3-5-16(6-4-15)21(25)22(17-7-11-19(23)12-8-17)18-9-13-20(24)14-10-18/h3-14,23-24H,2H2,1H3. The molecule has 0 saturated carbocycles. The summed E-state index contributed by atoms with van der Waals surface area (Å²) in [4.78, 5) is 14.7. The lowest BCUT2D eigenvalue weighted by Gasteiger charge is -2.23. The van der Waals surface area contributed by atoms with Crippen molar-refractivity contribution in [1.82, 2.24) is 0 Å². The highest BCUT2D eigenvalue weighted by Gasteiger charge is 2.20. The Bertz CT molecular complexity index is 808. The summed E-state index contributed by atoms with van der Waals surface area (Å²) < 4.78 is 0.